The van der Waals surface area contributed by atoms with E-state index in [4.69, 9.17) is 0 Å². The molecule has 0 N–H and O–H groups in total. The minimum absolute atomic E-state index is 0.0315. The van der Waals surface area contributed by atoms with Crippen molar-refractivity contribution in [1.29, 1.82) is 0 Å². The zero-order valence-electron chi connectivity index (χ0n) is 17.4. The topological polar surface area (TPSA) is 84.5 Å². The third-order valence-corrected chi connectivity index (χ3v) is 5.77. The summed E-state index contributed by atoms with van der Waals surface area (Å²) in [7, 11) is 1.87. The van der Waals surface area contributed by atoms with Crippen molar-refractivity contribution in [3.63, 3.8) is 0 Å². The van der Waals surface area contributed by atoms with Crippen LogP contribution in [0.5, 0.6) is 0 Å². The Labute approximate surface area is 179 Å². The molecule has 9 nitrogen and oxygen atoms in total. The van der Waals surface area contributed by atoms with Gasteiger partial charge in [-0.05, 0) is 37.1 Å². The largest absolute Gasteiger partial charge is 0.355 e. The summed E-state index contributed by atoms with van der Waals surface area (Å²) in [5.41, 5.74) is 2.75. The van der Waals surface area contributed by atoms with E-state index in [9.17, 15) is 4.79 Å². The molecule has 0 atom stereocenters. The average molecular weight is 416 g/mol. The molecule has 3 aromatic heterocycles. The van der Waals surface area contributed by atoms with Crippen molar-refractivity contribution in [3.05, 3.63) is 66.7 Å². The second kappa shape index (κ2) is 8.17. The number of hydrogen-bond acceptors (Lipinski definition) is 6. The minimum atomic E-state index is 0.0315. The number of piperidine rings is 1. The lowest BCUT2D eigenvalue weighted by Crippen LogP contribution is -2.41. The number of benzene rings is 1. The second-order valence-electron chi connectivity index (χ2n) is 7.91. The molecule has 1 aliphatic heterocycles. The van der Waals surface area contributed by atoms with E-state index < -0.39 is 0 Å². The van der Waals surface area contributed by atoms with Crippen molar-refractivity contribution in [2.75, 3.05) is 25.0 Å². The predicted octanol–water partition coefficient (Wildman–Crippen LogP) is 2.18. The van der Waals surface area contributed by atoms with Crippen molar-refractivity contribution in [1.82, 2.24) is 34.5 Å². The van der Waals surface area contributed by atoms with Crippen LogP contribution in [0.1, 0.15) is 18.4 Å². The summed E-state index contributed by atoms with van der Waals surface area (Å²) < 4.78 is 3.52. The molecule has 158 valence electrons. The van der Waals surface area contributed by atoms with Gasteiger partial charge in [-0.2, -0.15) is 9.61 Å². The fraction of sp³-hybridized carbons (Fsp3) is 0.318. The summed E-state index contributed by atoms with van der Waals surface area (Å²) in [4.78, 5) is 17.0. The molecule has 0 unspecified atom stereocenters. The van der Waals surface area contributed by atoms with Crippen LogP contribution in [-0.2, 0) is 11.3 Å². The molecule has 0 spiro atoms. The Morgan fingerprint density at radius 2 is 1.94 bits per heavy atom. The maximum atomic E-state index is 13.0. The quantitative estimate of drug-likeness (QED) is 0.496. The molecule has 0 radical (unpaired) electrons. The van der Waals surface area contributed by atoms with E-state index in [1.807, 2.05) is 71.5 Å². The zero-order valence-corrected chi connectivity index (χ0v) is 17.4. The van der Waals surface area contributed by atoms with E-state index in [2.05, 4.69) is 25.3 Å². The van der Waals surface area contributed by atoms with Gasteiger partial charge in [0.05, 0.1) is 11.9 Å². The Morgan fingerprint density at radius 3 is 2.74 bits per heavy atom. The molecule has 4 heterocycles. The van der Waals surface area contributed by atoms with Gasteiger partial charge in [0.2, 0.25) is 5.91 Å². The SMILES string of the molecule is CN(Cc1cnn(-c2ccccc2)c1)C(=O)C1CCN(c2ccc3nncn3n2)CC1. The molecule has 1 fully saturated rings. The maximum absolute atomic E-state index is 13.0. The summed E-state index contributed by atoms with van der Waals surface area (Å²) in [5, 5.41) is 16.8. The first-order chi connectivity index (χ1) is 15.2. The third kappa shape index (κ3) is 3.98. The first-order valence-electron chi connectivity index (χ1n) is 10.4. The van der Waals surface area contributed by atoms with E-state index in [1.165, 1.54) is 0 Å². The number of carbonyl (C=O) groups excluding carboxylic acids is 1. The monoisotopic (exact) mass is 416 g/mol. The molecule has 0 bridgehead atoms. The number of para-hydroxylation sites is 1. The normalized spacial score (nSPS) is 14.8. The molecule has 9 heteroatoms. The average Bonchev–Trinajstić information content (AvgIpc) is 3.48. The van der Waals surface area contributed by atoms with E-state index in [0.717, 1.165) is 48.6 Å². The van der Waals surface area contributed by atoms with E-state index in [0.29, 0.717) is 6.54 Å². The molecule has 1 amide bonds. The number of carbonyl (C=O) groups is 1. The number of fused-ring (bicyclic) bond motifs is 1. The smallest absolute Gasteiger partial charge is 0.225 e. The molecule has 0 aliphatic carbocycles. The first-order valence-corrected chi connectivity index (χ1v) is 10.4. The standard InChI is InChI=1S/C22H24N8O/c1-27(14-17-13-24-29(15-17)19-5-3-2-4-6-19)22(31)18-9-11-28(12-10-18)21-8-7-20-25-23-16-30(20)26-21/h2-8,13,15-16,18H,9-12,14H2,1H3. The lowest BCUT2D eigenvalue weighted by molar-refractivity contribution is -0.135. The summed E-state index contributed by atoms with van der Waals surface area (Å²) >= 11 is 0. The van der Waals surface area contributed by atoms with Gasteiger partial charge in [-0.1, -0.05) is 18.2 Å². The summed E-state index contributed by atoms with van der Waals surface area (Å²) in [6.07, 6.45) is 7.04. The van der Waals surface area contributed by atoms with Crippen LogP contribution >= 0.6 is 0 Å². The molecule has 0 saturated carbocycles. The van der Waals surface area contributed by atoms with Crippen molar-refractivity contribution >= 4 is 17.4 Å². The summed E-state index contributed by atoms with van der Waals surface area (Å²) in [6.45, 7) is 2.16. The Morgan fingerprint density at radius 1 is 1.13 bits per heavy atom. The van der Waals surface area contributed by atoms with Crippen LogP contribution in [0.4, 0.5) is 5.82 Å². The molecular weight excluding hydrogens is 392 g/mol. The van der Waals surface area contributed by atoms with Gasteiger partial charge in [-0.15, -0.1) is 15.3 Å². The van der Waals surface area contributed by atoms with Gasteiger partial charge < -0.3 is 9.80 Å². The molecule has 1 aromatic carbocycles. The van der Waals surface area contributed by atoms with Crippen LogP contribution in [0, 0.1) is 5.92 Å². The molecule has 1 saturated heterocycles. The number of anilines is 1. The van der Waals surface area contributed by atoms with Crippen molar-refractivity contribution in [3.8, 4) is 5.69 Å². The van der Waals surface area contributed by atoms with Crippen LogP contribution in [-0.4, -0.2) is 60.5 Å². The molecule has 31 heavy (non-hydrogen) atoms. The number of aromatic nitrogens is 6. The highest BCUT2D eigenvalue weighted by Crippen LogP contribution is 2.24. The van der Waals surface area contributed by atoms with Gasteiger partial charge in [-0.3, -0.25) is 4.79 Å². The number of amides is 1. The van der Waals surface area contributed by atoms with Gasteiger partial charge in [0.1, 0.15) is 12.1 Å². The lowest BCUT2D eigenvalue weighted by Gasteiger charge is -2.33. The zero-order chi connectivity index (χ0) is 21.2. The highest BCUT2D eigenvalue weighted by molar-refractivity contribution is 5.79. The fourth-order valence-electron chi connectivity index (χ4n) is 4.07. The predicted molar refractivity (Wildman–Crippen MR) is 116 cm³/mol. The molecular formula is C22H24N8O. The van der Waals surface area contributed by atoms with Crippen LogP contribution in [0.15, 0.2) is 61.2 Å². The maximum Gasteiger partial charge on any atom is 0.225 e. The molecule has 4 aromatic rings. The number of rotatable bonds is 5. The highest BCUT2D eigenvalue weighted by atomic mass is 16.2. The second-order valence-corrected chi connectivity index (χ2v) is 7.91. The fourth-order valence-corrected chi connectivity index (χ4v) is 4.07. The third-order valence-electron chi connectivity index (χ3n) is 5.77. The van der Waals surface area contributed by atoms with Crippen molar-refractivity contribution < 1.29 is 4.79 Å². The van der Waals surface area contributed by atoms with Gasteiger partial charge >= 0.3 is 0 Å². The Bertz CT molecular complexity index is 1180. The van der Waals surface area contributed by atoms with Gasteiger partial charge in [0, 0.05) is 44.4 Å². The van der Waals surface area contributed by atoms with E-state index in [1.54, 1.807) is 10.8 Å². The van der Waals surface area contributed by atoms with Crippen molar-refractivity contribution in [2.45, 2.75) is 19.4 Å². The first kappa shape index (κ1) is 19.2. The van der Waals surface area contributed by atoms with E-state index in [-0.39, 0.29) is 11.8 Å². The van der Waals surface area contributed by atoms with Crippen LogP contribution < -0.4 is 4.90 Å². The summed E-state index contributed by atoms with van der Waals surface area (Å²) in [5.74, 6) is 1.11. The van der Waals surface area contributed by atoms with Crippen molar-refractivity contribution in [2.24, 2.45) is 5.92 Å². The van der Waals surface area contributed by atoms with Gasteiger partial charge in [-0.25, -0.2) is 4.68 Å². The Kier molecular flexibility index (Phi) is 5.07. The number of nitrogens with zero attached hydrogens (tertiary/aromatic N) is 8. The summed E-state index contributed by atoms with van der Waals surface area (Å²) in [6, 6.07) is 13.8. The Hall–Kier alpha value is -3.75. The molecule has 5 rings (SSSR count). The van der Waals surface area contributed by atoms with Gasteiger partial charge in [0.25, 0.3) is 0 Å². The van der Waals surface area contributed by atoms with Gasteiger partial charge in [0.15, 0.2) is 5.65 Å². The van der Waals surface area contributed by atoms with Crippen LogP contribution in [0.2, 0.25) is 0 Å². The van der Waals surface area contributed by atoms with Crippen LogP contribution in [0.3, 0.4) is 0 Å². The minimum Gasteiger partial charge on any atom is -0.355 e. The van der Waals surface area contributed by atoms with E-state index >= 15 is 0 Å². The highest BCUT2D eigenvalue weighted by Gasteiger charge is 2.28. The van der Waals surface area contributed by atoms with Crippen LogP contribution in [0.25, 0.3) is 11.3 Å². The molecule has 1 aliphatic rings. The Balaban J connectivity index is 1.18. The number of hydrogen-bond donors (Lipinski definition) is 0. The lowest BCUT2D eigenvalue weighted by atomic mass is 9.95.